The second kappa shape index (κ2) is 3.58. The monoisotopic (exact) mass is 181 g/mol. The summed E-state index contributed by atoms with van der Waals surface area (Å²) in [7, 11) is 0. The Morgan fingerprint density at radius 1 is 1.50 bits per heavy atom. The van der Waals surface area contributed by atoms with Crippen LogP contribution in [0.1, 0.15) is 24.8 Å². The first-order valence-corrected chi connectivity index (χ1v) is 5.57. The Kier molecular flexibility index (Phi) is 2.47. The average molecular weight is 181 g/mol. The molecule has 12 heavy (non-hydrogen) atoms. The number of rotatable bonds is 2. The molecule has 2 atom stereocenters. The first kappa shape index (κ1) is 8.27. The average Bonchev–Trinajstić information content (AvgIpc) is 2.65. The van der Waals surface area contributed by atoms with Crippen LogP contribution < -0.4 is 5.73 Å². The maximum atomic E-state index is 6.00. The van der Waals surface area contributed by atoms with Gasteiger partial charge in [0.2, 0.25) is 0 Å². The minimum Gasteiger partial charge on any atom is -0.327 e. The molecule has 1 aromatic heterocycles. The Balaban J connectivity index is 1.95. The van der Waals surface area contributed by atoms with Crippen molar-refractivity contribution in [1.29, 1.82) is 0 Å². The van der Waals surface area contributed by atoms with Crippen LogP contribution in [0.4, 0.5) is 0 Å². The lowest BCUT2D eigenvalue weighted by Gasteiger charge is -2.13. The van der Waals surface area contributed by atoms with E-state index < -0.39 is 0 Å². The molecule has 2 heteroatoms. The summed E-state index contributed by atoms with van der Waals surface area (Å²) in [6.45, 7) is 0. The second-order valence-corrected chi connectivity index (χ2v) is 4.47. The highest BCUT2D eigenvalue weighted by Crippen LogP contribution is 2.27. The molecule has 2 unspecified atom stereocenters. The Bertz CT molecular complexity index is 230. The van der Waals surface area contributed by atoms with Gasteiger partial charge < -0.3 is 5.73 Å². The van der Waals surface area contributed by atoms with Crippen molar-refractivity contribution in [2.75, 3.05) is 0 Å². The zero-order valence-corrected chi connectivity index (χ0v) is 8.02. The zero-order chi connectivity index (χ0) is 8.39. The van der Waals surface area contributed by atoms with Crippen molar-refractivity contribution in [1.82, 2.24) is 0 Å². The van der Waals surface area contributed by atoms with E-state index in [-0.39, 0.29) is 0 Å². The summed E-state index contributed by atoms with van der Waals surface area (Å²) in [6, 6.07) is 2.68. The maximum Gasteiger partial charge on any atom is 0.00703 e. The van der Waals surface area contributed by atoms with Crippen LogP contribution in [0.15, 0.2) is 16.8 Å². The normalized spacial score (nSPS) is 29.4. The van der Waals surface area contributed by atoms with Gasteiger partial charge >= 0.3 is 0 Å². The van der Waals surface area contributed by atoms with Crippen molar-refractivity contribution >= 4 is 11.3 Å². The van der Waals surface area contributed by atoms with Gasteiger partial charge in [-0.25, -0.2) is 0 Å². The van der Waals surface area contributed by atoms with E-state index in [0.717, 1.165) is 5.92 Å². The van der Waals surface area contributed by atoms with E-state index >= 15 is 0 Å². The lowest BCUT2D eigenvalue weighted by Crippen LogP contribution is -2.25. The molecule has 1 heterocycles. The van der Waals surface area contributed by atoms with Crippen molar-refractivity contribution in [2.45, 2.75) is 31.7 Å². The number of hydrogen-bond donors (Lipinski definition) is 1. The first-order valence-electron chi connectivity index (χ1n) is 4.63. The van der Waals surface area contributed by atoms with E-state index in [4.69, 9.17) is 5.73 Å². The van der Waals surface area contributed by atoms with Gasteiger partial charge in [-0.15, -0.1) is 0 Å². The third-order valence-electron chi connectivity index (χ3n) is 2.80. The maximum absolute atomic E-state index is 6.00. The highest BCUT2D eigenvalue weighted by molar-refractivity contribution is 7.07. The molecular formula is C10H15NS. The molecule has 0 aromatic carbocycles. The third-order valence-corrected chi connectivity index (χ3v) is 3.53. The highest BCUT2D eigenvalue weighted by atomic mass is 32.1. The predicted molar refractivity (Wildman–Crippen MR) is 53.3 cm³/mol. The second-order valence-electron chi connectivity index (χ2n) is 3.69. The molecule has 0 bridgehead atoms. The van der Waals surface area contributed by atoms with Crippen LogP contribution in [0.25, 0.3) is 0 Å². The van der Waals surface area contributed by atoms with E-state index in [1.54, 1.807) is 11.3 Å². The molecule has 0 radical (unpaired) electrons. The zero-order valence-electron chi connectivity index (χ0n) is 7.20. The predicted octanol–water partition coefficient (Wildman–Crippen LogP) is 2.42. The topological polar surface area (TPSA) is 26.0 Å². The van der Waals surface area contributed by atoms with Crippen molar-refractivity contribution in [2.24, 2.45) is 11.7 Å². The minimum absolute atomic E-state index is 0.463. The molecule has 2 N–H and O–H groups in total. The molecule has 66 valence electrons. The van der Waals surface area contributed by atoms with E-state index in [1.807, 2.05) is 0 Å². The van der Waals surface area contributed by atoms with Gasteiger partial charge in [-0.3, -0.25) is 0 Å². The third kappa shape index (κ3) is 1.70. The molecule has 1 aliphatic carbocycles. The molecule has 0 saturated heterocycles. The highest BCUT2D eigenvalue weighted by Gasteiger charge is 2.23. The van der Waals surface area contributed by atoms with Crippen LogP contribution in [0.3, 0.4) is 0 Å². The standard InChI is InChI=1S/C10H15NS/c11-10-3-1-2-9(10)6-8-4-5-12-7-8/h4-5,7,9-10H,1-3,6,11H2. The Morgan fingerprint density at radius 2 is 2.42 bits per heavy atom. The van der Waals surface area contributed by atoms with E-state index in [1.165, 1.54) is 31.2 Å². The van der Waals surface area contributed by atoms with Crippen molar-refractivity contribution in [3.8, 4) is 0 Å². The summed E-state index contributed by atoms with van der Waals surface area (Å²) in [4.78, 5) is 0. The molecule has 0 amide bonds. The molecule has 1 aliphatic rings. The summed E-state index contributed by atoms with van der Waals surface area (Å²) < 4.78 is 0. The summed E-state index contributed by atoms with van der Waals surface area (Å²) in [6.07, 6.45) is 5.09. The van der Waals surface area contributed by atoms with E-state index in [0.29, 0.717) is 6.04 Å². The van der Waals surface area contributed by atoms with E-state index in [2.05, 4.69) is 16.8 Å². The van der Waals surface area contributed by atoms with Gasteiger partial charge in [0.1, 0.15) is 0 Å². The Morgan fingerprint density at radius 3 is 3.00 bits per heavy atom. The van der Waals surface area contributed by atoms with Gasteiger partial charge in [-0.2, -0.15) is 11.3 Å². The number of nitrogens with two attached hydrogens (primary N) is 1. The van der Waals surface area contributed by atoms with Gasteiger partial charge in [0, 0.05) is 6.04 Å². The Labute approximate surface area is 77.6 Å². The SMILES string of the molecule is NC1CCCC1Cc1ccsc1. The molecule has 0 spiro atoms. The van der Waals surface area contributed by atoms with Crippen LogP contribution in [-0.4, -0.2) is 6.04 Å². The minimum atomic E-state index is 0.463. The molecular weight excluding hydrogens is 166 g/mol. The van der Waals surface area contributed by atoms with Crippen molar-refractivity contribution < 1.29 is 0 Å². The van der Waals surface area contributed by atoms with Gasteiger partial charge in [-0.1, -0.05) is 6.42 Å². The van der Waals surface area contributed by atoms with Crippen LogP contribution in [-0.2, 0) is 6.42 Å². The smallest absolute Gasteiger partial charge is 0.00703 e. The lowest BCUT2D eigenvalue weighted by molar-refractivity contribution is 0.479. The van der Waals surface area contributed by atoms with Crippen LogP contribution in [0.5, 0.6) is 0 Å². The molecule has 0 aliphatic heterocycles. The fourth-order valence-corrected chi connectivity index (χ4v) is 2.71. The summed E-state index contributed by atoms with van der Waals surface area (Å²) in [5.41, 5.74) is 7.47. The summed E-state index contributed by atoms with van der Waals surface area (Å²) in [5.74, 6) is 0.750. The Hall–Kier alpha value is -0.340. The van der Waals surface area contributed by atoms with Gasteiger partial charge in [0.25, 0.3) is 0 Å². The van der Waals surface area contributed by atoms with Crippen LogP contribution in [0, 0.1) is 5.92 Å². The quantitative estimate of drug-likeness (QED) is 0.745. The van der Waals surface area contributed by atoms with Crippen LogP contribution in [0.2, 0.25) is 0 Å². The largest absolute Gasteiger partial charge is 0.327 e. The fraction of sp³-hybridized carbons (Fsp3) is 0.600. The fourth-order valence-electron chi connectivity index (χ4n) is 2.03. The molecule has 1 fully saturated rings. The van der Waals surface area contributed by atoms with E-state index in [9.17, 15) is 0 Å². The number of hydrogen-bond acceptors (Lipinski definition) is 2. The lowest BCUT2D eigenvalue weighted by atomic mass is 9.97. The summed E-state index contributed by atoms with van der Waals surface area (Å²) in [5, 5.41) is 4.39. The molecule has 1 saturated carbocycles. The molecule has 1 nitrogen and oxygen atoms in total. The summed E-state index contributed by atoms with van der Waals surface area (Å²) >= 11 is 1.78. The van der Waals surface area contributed by atoms with Crippen LogP contribution >= 0.6 is 11.3 Å². The number of thiophene rings is 1. The first-order chi connectivity index (χ1) is 5.86. The molecule has 2 rings (SSSR count). The van der Waals surface area contributed by atoms with Gasteiger partial charge in [0.15, 0.2) is 0 Å². The van der Waals surface area contributed by atoms with Gasteiger partial charge in [-0.05, 0) is 47.6 Å². The van der Waals surface area contributed by atoms with Crippen molar-refractivity contribution in [3.63, 3.8) is 0 Å². The van der Waals surface area contributed by atoms with Gasteiger partial charge in [0.05, 0.1) is 0 Å². The van der Waals surface area contributed by atoms with Crippen molar-refractivity contribution in [3.05, 3.63) is 22.4 Å². The molecule has 1 aromatic rings.